The highest BCUT2D eigenvalue weighted by atomic mass is 15.2. The molecule has 0 atom stereocenters. The zero-order chi connectivity index (χ0) is 13.8. The average Bonchev–Trinajstić information content (AvgIpc) is 2.88. The van der Waals surface area contributed by atoms with Crippen LogP contribution in [0.25, 0.3) is 11.1 Å². The number of hydrogen-bond acceptors (Lipinski definition) is 3. The van der Waals surface area contributed by atoms with Gasteiger partial charge in [0, 0.05) is 38.9 Å². The molecule has 2 heterocycles. The van der Waals surface area contributed by atoms with E-state index in [0.717, 1.165) is 18.7 Å². The molecule has 0 saturated carbocycles. The quantitative estimate of drug-likeness (QED) is 0.853. The number of aryl methyl sites for hydroxylation is 1. The van der Waals surface area contributed by atoms with Gasteiger partial charge in [0.25, 0.3) is 0 Å². The van der Waals surface area contributed by atoms with Gasteiger partial charge in [-0.25, -0.2) is 0 Å². The average molecular weight is 258 g/mol. The molecule has 0 aliphatic carbocycles. The van der Waals surface area contributed by atoms with Crippen LogP contribution < -0.4 is 10.2 Å². The van der Waals surface area contributed by atoms with Crippen LogP contribution in [0.15, 0.2) is 30.6 Å². The lowest BCUT2D eigenvalue weighted by molar-refractivity contribution is 0.768. The number of nitrogens with zero attached hydrogens (tertiary/aromatic N) is 3. The van der Waals surface area contributed by atoms with Crippen LogP contribution in [0.5, 0.6) is 0 Å². The van der Waals surface area contributed by atoms with Gasteiger partial charge in [0.05, 0.1) is 17.6 Å². The topological polar surface area (TPSA) is 33.1 Å². The molecular weight excluding hydrogens is 236 g/mol. The molecule has 0 bridgehead atoms. The lowest BCUT2D eigenvalue weighted by atomic mass is 10.1. The molecule has 102 valence electrons. The third kappa shape index (κ3) is 2.72. The Morgan fingerprint density at radius 2 is 1.95 bits per heavy atom. The fourth-order valence-corrected chi connectivity index (χ4v) is 2.24. The van der Waals surface area contributed by atoms with Gasteiger partial charge in [-0.3, -0.25) is 4.68 Å². The van der Waals surface area contributed by atoms with Gasteiger partial charge < -0.3 is 10.2 Å². The number of benzene rings is 1. The molecule has 0 fully saturated rings. The van der Waals surface area contributed by atoms with Crippen molar-refractivity contribution in [2.45, 2.75) is 13.8 Å². The highest BCUT2D eigenvalue weighted by Gasteiger charge is 2.13. The first-order valence-electron chi connectivity index (χ1n) is 6.82. The minimum atomic E-state index is 1.000. The van der Waals surface area contributed by atoms with Crippen LogP contribution in [-0.4, -0.2) is 29.9 Å². The van der Waals surface area contributed by atoms with Crippen molar-refractivity contribution in [2.75, 3.05) is 30.4 Å². The van der Waals surface area contributed by atoms with E-state index in [-0.39, 0.29) is 0 Å². The SMILES string of the molecule is CC.CN1CCNc2cc(-c3cnn(C)c3)ccc21. The fourth-order valence-electron chi connectivity index (χ4n) is 2.24. The highest BCUT2D eigenvalue weighted by Crippen LogP contribution is 2.32. The van der Waals surface area contributed by atoms with Crippen LogP contribution in [0, 0.1) is 0 Å². The van der Waals surface area contributed by atoms with E-state index in [2.05, 4.69) is 40.6 Å². The summed E-state index contributed by atoms with van der Waals surface area (Å²) >= 11 is 0. The van der Waals surface area contributed by atoms with Gasteiger partial charge in [0.2, 0.25) is 0 Å². The molecule has 1 N–H and O–H groups in total. The Morgan fingerprint density at radius 1 is 1.16 bits per heavy atom. The van der Waals surface area contributed by atoms with Gasteiger partial charge in [-0.05, 0) is 17.7 Å². The second kappa shape index (κ2) is 5.78. The van der Waals surface area contributed by atoms with Crippen molar-refractivity contribution < 1.29 is 0 Å². The lowest BCUT2D eigenvalue weighted by Crippen LogP contribution is -2.30. The van der Waals surface area contributed by atoms with Crippen LogP contribution in [0.4, 0.5) is 11.4 Å². The van der Waals surface area contributed by atoms with Crippen molar-refractivity contribution in [3.8, 4) is 11.1 Å². The second-order valence-corrected chi connectivity index (χ2v) is 4.48. The van der Waals surface area contributed by atoms with Crippen molar-refractivity contribution >= 4 is 11.4 Å². The van der Waals surface area contributed by atoms with Gasteiger partial charge in [-0.2, -0.15) is 5.10 Å². The summed E-state index contributed by atoms with van der Waals surface area (Å²) in [5.41, 5.74) is 4.84. The largest absolute Gasteiger partial charge is 0.382 e. The maximum atomic E-state index is 4.21. The molecule has 0 amide bonds. The molecular formula is C15H22N4. The van der Waals surface area contributed by atoms with E-state index in [1.807, 2.05) is 38.0 Å². The first-order valence-corrected chi connectivity index (χ1v) is 6.82. The molecule has 3 rings (SSSR count). The molecule has 1 aromatic heterocycles. The smallest absolute Gasteiger partial charge is 0.0600 e. The van der Waals surface area contributed by atoms with E-state index in [1.165, 1.54) is 16.9 Å². The summed E-state index contributed by atoms with van der Waals surface area (Å²) in [4.78, 5) is 2.28. The zero-order valence-electron chi connectivity index (χ0n) is 12.1. The molecule has 1 aliphatic heterocycles. The monoisotopic (exact) mass is 258 g/mol. The summed E-state index contributed by atoms with van der Waals surface area (Å²) in [5.74, 6) is 0. The molecule has 4 heteroatoms. The van der Waals surface area contributed by atoms with Crippen LogP contribution >= 0.6 is 0 Å². The van der Waals surface area contributed by atoms with Crippen molar-refractivity contribution in [3.63, 3.8) is 0 Å². The first-order chi connectivity index (χ1) is 9.24. The standard InChI is InChI=1S/C13H16N4.C2H6/c1-16-6-5-14-12-7-10(3-4-13(12)16)11-8-15-17(2)9-11;1-2/h3-4,7-9,14H,5-6H2,1-2H3;1-2H3. The highest BCUT2D eigenvalue weighted by molar-refractivity contribution is 5.78. The zero-order valence-corrected chi connectivity index (χ0v) is 12.1. The Bertz CT molecular complexity index is 545. The lowest BCUT2D eigenvalue weighted by Gasteiger charge is -2.28. The molecule has 0 saturated heterocycles. The number of anilines is 2. The number of nitrogens with one attached hydrogen (secondary N) is 1. The van der Waals surface area contributed by atoms with Crippen molar-refractivity contribution in [2.24, 2.45) is 7.05 Å². The Labute approximate surface area is 115 Å². The minimum Gasteiger partial charge on any atom is -0.382 e. The number of hydrogen-bond donors (Lipinski definition) is 1. The van der Waals surface area contributed by atoms with Crippen molar-refractivity contribution in [1.29, 1.82) is 0 Å². The van der Waals surface area contributed by atoms with E-state index >= 15 is 0 Å². The molecule has 0 unspecified atom stereocenters. The van der Waals surface area contributed by atoms with Gasteiger partial charge in [0.1, 0.15) is 0 Å². The molecule has 2 aromatic rings. The Morgan fingerprint density at radius 3 is 2.63 bits per heavy atom. The Kier molecular flexibility index (Phi) is 4.10. The van der Waals surface area contributed by atoms with E-state index in [4.69, 9.17) is 0 Å². The predicted octanol–water partition coefficient (Wildman–Crippen LogP) is 2.98. The summed E-state index contributed by atoms with van der Waals surface area (Å²) in [7, 11) is 4.07. The summed E-state index contributed by atoms with van der Waals surface area (Å²) in [6, 6.07) is 6.52. The molecule has 0 spiro atoms. The summed E-state index contributed by atoms with van der Waals surface area (Å²) in [6.07, 6.45) is 3.93. The number of rotatable bonds is 1. The normalized spacial score (nSPS) is 13.2. The minimum absolute atomic E-state index is 1.000. The molecule has 0 radical (unpaired) electrons. The molecule has 19 heavy (non-hydrogen) atoms. The maximum absolute atomic E-state index is 4.21. The third-order valence-electron chi connectivity index (χ3n) is 3.21. The number of likely N-dealkylation sites (N-methyl/N-ethyl adjacent to an activating group) is 1. The number of fused-ring (bicyclic) bond motifs is 1. The maximum Gasteiger partial charge on any atom is 0.0600 e. The Balaban J connectivity index is 0.000000637. The van der Waals surface area contributed by atoms with Crippen LogP contribution in [0.2, 0.25) is 0 Å². The van der Waals surface area contributed by atoms with Crippen molar-refractivity contribution in [3.05, 3.63) is 30.6 Å². The van der Waals surface area contributed by atoms with Crippen LogP contribution in [-0.2, 0) is 7.05 Å². The van der Waals surface area contributed by atoms with Gasteiger partial charge >= 0.3 is 0 Å². The third-order valence-corrected chi connectivity index (χ3v) is 3.21. The van der Waals surface area contributed by atoms with Gasteiger partial charge in [-0.1, -0.05) is 19.9 Å². The van der Waals surface area contributed by atoms with Crippen LogP contribution in [0.3, 0.4) is 0 Å². The second-order valence-electron chi connectivity index (χ2n) is 4.48. The molecule has 4 nitrogen and oxygen atoms in total. The molecule has 1 aromatic carbocycles. The summed E-state index contributed by atoms with van der Waals surface area (Å²) in [5, 5.41) is 7.65. The van der Waals surface area contributed by atoms with E-state index in [9.17, 15) is 0 Å². The van der Waals surface area contributed by atoms with Crippen molar-refractivity contribution in [1.82, 2.24) is 9.78 Å². The van der Waals surface area contributed by atoms with E-state index in [1.54, 1.807) is 0 Å². The van der Waals surface area contributed by atoms with Crippen LogP contribution in [0.1, 0.15) is 13.8 Å². The van der Waals surface area contributed by atoms with E-state index in [0.29, 0.717) is 0 Å². The van der Waals surface area contributed by atoms with Gasteiger partial charge in [-0.15, -0.1) is 0 Å². The Hall–Kier alpha value is -1.97. The van der Waals surface area contributed by atoms with E-state index < -0.39 is 0 Å². The predicted molar refractivity (Wildman–Crippen MR) is 81.8 cm³/mol. The summed E-state index contributed by atoms with van der Waals surface area (Å²) < 4.78 is 1.83. The fraction of sp³-hybridized carbons (Fsp3) is 0.400. The summed E-state index contributed by atoms with van der Waals surface area (Å²) in [6.45, 7) is 6.05. The first kappa shape index (κ1) is 13.5. The molecule has 1 aliphatic rings. The number of aromatic nitrogens is 2. The van der Waals surface area contributed by atoms with Gasteiger partial charge in [0.15, 0.2) is 0 Å².